The number of nitrogens with one attached hydrogen (secondary N) is 2. The number of imide groups is 2. The maximum Gasteiger partial charge on any atom is 0.262 e. The van der Waals surface area contributed by atoms with E-state index in [1.54, 1.807) is 12.1 Å². The minimum Gasteiger partial charge on any atom is -0.457 e. The molecule has 6 heterocycles. The SMILES string of the molecule is Nc1ncnc2c1c(-c1ccc(Oc3ccccc3)cc1)nn2C1CCCCC1.O=C1CCC(N2C(=O)c3ccc(N4CCC(CN5CCNCC5)CC4)cc3C2=O)C(=O)N1. The summed E-state index contributed by atoms with van der Waals surface area (Å²) in [5.74, 6) is 0.885. The van der Waals surface area contributed by atoms with Gasteiger partial charge in [0.15, 0.2) is 5.65 Å². The number of amides is 4. The van der Waals surface area contributed by atoms with Crippen molar-refractivity contribution in [3.8, 4) is 22.8 Å². The molecule has 1 unspecified atom stereocenters. The van der Waals surface area contributed by atoms with Crippen LogP contribution in [0, 0.1) is 5.92 Å². The van der Waals surface area contributed by atoms with Crippen molar-refractivity contribution >= 4 is 46.2 Å². The second-order valence-electron chi connectivity index (χ2n) is 16.6. The highest BCUT2D eigenvalue weighted by Crippen LogP contribution is 2.37. The van der Waals surface area contributed by atoms with Crippen LogP contribution in [0.25, 0.3) is 22.3 Å². The van der Waals surface area contributed by atoms with Crippen LogP contribution in [0.5, 0.6) is 11.5 Å². The van der Waals surface area contributed by atoms with Gasteiger partial charge in [0, 0.05) is 63.5 Å². The first-order chi connectivity index (χ1) is 29.8. The van der Waals surface area contributed by atoms with E-state index >= 15 is 0 Å². The van der Waals surface area contributed by atoms with Crippen molar-refractivity contribution in [1.82, 2.24) is 40.2 Å². The first kappa shape index (κ1) is 40.2. The lowest BCUT2D eigenvalue weighted by atomic mass is 9.95. The number of rotatable bonds is 8. The van der Waals surface area contributed by atoms with Gasteiger partial charge in [0.05, 0.1) is 22.6 Å². The minimum atomic E-state index is -0.927. The molecule has 3 saturated heterocycles. The Morgan fingerprint density at radius 1 is 0.754 bits per heavy atom. The summed E-state index contributed by atoms with van der Waals surface area (Å²) in [6.45, 7) is 7.36. The summed E-state index contributed by atoms with van der Waals surface area (Å²) in [7, 11) is 0. The van der Waals surface area contributed by atoms with Gasteiger partial charge in [0.1, 0.15) is 35.4 Å². The monoisotopic (exact) mass is 824 g/mol. The van der Waals surface area contributed by atoms with Gasteiger partial charge in [0.25, 0.3) is 11.8 Å². The average Bonchev–Trinajstić information content (AvgIpc) is 3.80. The first-order valence-electron chi connectivity index (χ1n) is 21.7. The molecule has 10 rings (SSSR count). The van der Waals surface area contributed by atoms with E-state index in [-0.39, 0.29) is 18.7 Å². The Morgan fingerprint density at radius 2 is 1.48 bits per heavy atom. The lowest BCUT2D eigenvalue weighted by molar-refractivity contribution is -0.136. The fraction of sp³-hybridized carbons (Fsp3) is 0.413. The molecule has 1 saturated carbocycles. The highest BCUT2D eigenvalue weighted by Gasteiger charge is 2.45. The van der Waals surface area contributed by atoms with Crippen LogP contribution in [0.15, 0.2) is 79.1 Å². The van der Waals surface area contributed by atoms with Gasteiger partial charge in [-0.25, -0.2) is 14.6 Å². The Kier molecular flexibility index (Phi) is 11.7. The maximum absolute atomic E-state index is 13.1. The van der Waals surface area contributed by atoms with Crippen LogP contribution in [0.3, 0.4) is 0 Å². The Labute approximate surface area is 354 Å². The van der Waals surface area contributed by atoms with E-state index in [0.29, 0.717) is 28.9 Å². The molecule has 1 aliphatic carbocycles. The largest absolute Gasteiger partial charge is 0.457 e. The number of aromatic nitrogens is 4. The lowest BCUT2D eigenvalue weighted by Crippen LogP contribution is -2.54. The van der Waals surface area contributed by atoms with Crippen molar-refractivity contribution in [2.24, 2.45) is 5.92 Å². The number of piperidine rings is 2. The fourth-order valence-corrected chi connectivity index (χ4v) is 9.37. The standard InChI is InChI=1S/C23H29N5O4.C23H23N5O/c29-20-4-3-19(21(30)25-20)28-22(31)17-2-1-16(13-18(17)23(28)32)27-9-5-15(6-10-27)14-26-11-7-24-8-12-26;24-22-20-21(16-11-13-19(14-12-16)29-18-9-5-2-6-10-18)27-28(23(20)26-15-25-22)17-7-3-1-4-8-17/h1-2,13,15,19,24H,3-12,14H2,(H,25,29,30);2,5-6,9-15,17H,1,3-4,7-8H2,(H2,24,25,26). The summed E-state index contributed by atoms with van der Waals surface area (Å²) in [5, 5.41) is 11.4. The number of carbonyl (C=O) groups is 4. The first-order valence-corrected chi connectivity index (χ1v) is 21.7. The number of nitrogens with two attached hydrogens (primary N) is 1. The Morgan fingerprint density at radius 3 is 2.21 bits per heavy atom. The molecule has 1 atom stereocenters. The molecule has 4 fully saturated rings. The predicted octanol–water partition coefficient (Wildman–Crippen LogP) is 5.58. The molecule has 61 heavy (non-hydrogen) atoms. The van der Waals surface area contributed by atoms with Gasteiger partial charge in [-0.2, -0.15) is 5.10 Å². The van der Waals surface area contributed by atoms with Crippen LogP contribution < -0.4 is 26.0 Å². The Balaban J connectivity index is 0.000000157. The summed E-state index contributed by atoms with van der Waals surface area (Å²) < 4.78 is 7.97. The van der Waals surface area contributed by atoms with Gasteiger partial charge >= 0.3 is 0 Å². The summed E-state index contributed by atoms with van der Waals surface area (Å²) in [4.78, 5) is 64.2. The number of carbonyl (C=O) groups excluding carboxylic acids is 4. The molecule has 316 valence electrons. The molecular formula is C46H52N10O5. The third-order valence-electron chi connectivity index (χ3n) is 12.7. The normalized spacial score (nSPS) is 20.4. The quantitative estimate of drug-likeness (QED) is 0.166. The van der Waals surface area contributed by atoms with Crippen LogP contribution in [-0.4, -0.2) is 105 Å². The molecule has 5 aromatic rings. The number of nitrogens with zero attached hydrogens (tertiary/aromatic N) is 7. The maximum atomic E-state index is 13.1. The molecule has 15 heteroatoms. The highest BCUT2D eigenvalue weighted by atomic mass is 16.5. The van der Waals surface area contributed by atoms with Crippen LogP contribution in [-0.2, 0) is 9.59 Å². The topological polar surface area (TPSA) is 181 Å². The van der Waals surface area contributed by atoms with E-state index in [4.69, 9.17) is 15.6 Å². The van der Waals surface area contributed by atoms with Crippen molar-refractivity contribution in [3.05, 3.63) is 90.3 Å². The number of nitrogen functional groups attached to an aromatic ring is 1. The zero-order valence-corrected chi connectivity index (χ0v) is 34.3. The zero-order valence-electron chi connectivity index (χ0n) is 34.3. The molecule has 0 radical (unpaired) electrons. The average molecular weight is 825 g/mol. The minimum absolute atomic E-state index is 0.123. The van der Waals surface area contributed by atoms with Crippen molar-refractivity contribution < 1.29 is 23.9 Å². The van der Waals surface area contributed by atoms with Gasteiger partial charge in [-0.1, -0.05) is 37.5 Å². The van der Waals surface area contributed by atoms with E-state index in [1.165, 1.54) is 25.6 Å². The number of ether oxygens (including phenoxy) is 1. The third-order valence-corrected chi connectivity index (χ3v) is 12.7. The summed E-state index contributed by atoms with van der Waals surface area (Å²) in [6.07, 6.45) is 10.0. The van der Waals surface area contributed by atoms with E-state index in [0.717, 1.165) is 116 Å². The van der Waals surface area contributed by atoms with Gasteiger partial charge < -0.3 is 25.6 Å². The number of fused-ring (bicyclic) bond motifs is 2. The van der Waals surface area contributed by atoms with Crippen LogP contribution in [0.2, 0.25) is 0 Å². The molecule has 0 spiro atoms. The van der Waals surface area contributed by atoms with Gasteiger partial charge in [-0.05, 0) is 92.6 Å². The van der Waals surface area contributed by atoms with E-state index in [9.17, 15) is 19.2 Å². The number of hydrogen-bond acceptors (Lipinski definition) is 12. The van der Waals surface area contributed by atoms with Crippen molar-refractivity contribution in [2.75, 3.05) is 56.4 Å². The fourth-order valence-electron chi connectivity index (χ4n) is 9.37. The van der Waals surface area contributed by atoms with E-state index in [1.807, 2.05) is 60.7 Å². The lowest BCUT2D eigenvalue weighted by Gasteiger charge is -2.37. The molecule has 4 N–H and O–H groups in total. The zero-order chi connectivity index (χ0) is 41.9. The highest BCUT2D eigenvalue weighted by molar-refractivity contribution is 6.23. The molecule has 3 aromatic carbocycles. The molecule has 4 aliphatic heterocycles. The molecular weight excluding hydrogens is 773 g/mol. The number of benzene rings is 3. The van der Waals surface area contributed by atoms with Gasteiger partial charge in [0.2, 0.25) is 11.8 Å². The summed E-state index contributed by atoms with van der Waals surface area (Å²) in [6, 6.07) is 22.5. The van der Waals surface area contributed by atoms with E-state index < -0.39 is 23.8 Å². The second-order valence-corrected chi connectivity index (χ2v) is 16.6. The van der Waals surface area contributed by atoms with Crippen LogP contribution >= 0.6 is 0 Å². The van der Waals surface area contributed by atoms with Crippen molar-refractivity contribution in [3.63, 3.8) is 0 Å². The predicted molar refractivity (Wildman–Crippen MR) is 231 cm³/mol. The smallest absolute Gasteiger partial charge is 0.262 e. The molecule has 2 aromatic heterocycles. The molecule has 5 aliphatic rings. The van der Waals surface area contributed by atoms with Crippen LogP contribution in [0.4, 0.5) is 11.5 Å². The van der Waals surface area contributed by atoms with Gasteiger partial charge in [-0.3, -0.25) is 29.4 Å². The Hall–Kier alpha value is -6.19. The second kappa shape index (κ2) is 17.8. The van der Waals surface area contributed by atoms with Crippen LogP contribution in [0.1, 0.15) is 84.5 Å². The van der Waals surface area contributed by atoms with Gasteiger partial charge in [-0.15, -0.1) is 0 Å². The number of anilines is 2. The Bertz CT molecular complexity index is 2400. The number of hydrogen-bond donors (Lipinski definition) is 3. The molecule has 4 amide bonds. The summed E-state index contributed by atoms with van der Waals surface area (Å²) in [5.41, 5.74) is 10.5. The van der Waals surface area contributed by atoms with E-state index in [2.05, 4.69) is 35.1 Å². The molecule has 15 nitrogen and oxygen atoms in total. The third kappa shape index (κ3) is 8.57. The number of piperazine rings is 1. The molecule has 0 bridgehead atoms. The van der Waals surface area contributed by atoms with Crippen molar-refractivity contribution in [1.29, 1.82) is 0 Å². The number of para-hydroxylation sites is 1. The van der Waals surface area contributed by atoms with Crippen molar-refractivity contribution in [2.45, 2.75) is 69.9 Å². The summed E-state index contributed by atoms with van der Waals surface area (Å²) >= 11 is 0.